The zero-order valence-corrected chi connectivity index (χ0v) is 16.9. The molecule has 0 aliphatic heterocycles. The number of nitrogen functional groups attached to an aromatic ring is 2. The van der Waals surface area contributed by atoms with Gasteiger partial charge in [0.05, 0.1) is 11.4 Å². The maximum absolute atomic E-state index is 14.1. The minimum Gasteiger partial charge on any atom is -0.506 e. The molecule has 0 radical (unpaired) electrons. The maximum atomic E-state index is 14.1. The molecule has 0 unspecified atom stereocenters. The van der Waals surface area contributed by atoms with Crippen molar-refractivity contribution in [2.75, 3.05) is 11.5 Å². The Hall–Kier alpha value is -3.28. The van der Waals surface area contributed by atoms with E-state index in [0.717, 1.165) is 0 Å². The van der Waals surface area contributed by atoms with E-state index in [0.29, 0.717) is 12.1 Å². The molecule has 0 bridgehead atoms. The smallest absolute Gasteiger partial charge is 0.453 e. The van der Waals surface area contributed by atoms with E-state index in [1.165, 1.54) is 0 Å². The van der Waals surface area contributed by atoms with Gasteiger partial charge in [0.1, 0.15) is 11.5 Å². The molecule has 0 saturated carbocycles. The van der Waals surface area contributed by atoms with Crippen molar-refractivity contribution in [3.63, 3.8) is 0 Å². The average Bonchev–Trinajstić information content (AvgIpc) is 2.69. The lowest BCUT2D eigenvalue weighted by Gasteiger charge is -2.35. The van der Waals surface area contributed by atoms with Crippen molar-refractivity contribution in [2.45, 2.75) is 36.3 Å². The second-order valence-electron chi connectivity index (χ2n) is 6.97. The van der Waals surface area contributed by atoms with Crippen molar-refractivity contribution in [3.05, 3.63) is 47.5 Å². The zero-order valence-electron chi connectivity index (χ0n) is 16.9. The van der Waals surface area contributed by atoms with Crippen molar-refractivity contribution in [3.8, 4) is 11.5 Å². The van der Waals surface area contributed by atoms with Gasteiger partial charge in [-0.25, -0.2) is 9.47 Å². The Morgan fingerprint density at radius 2 is 0.778 bits per heavy atom. The van der Waals surface area contributed by atoms with Crippen LogP contribution in [0.1, 0.15) is 11.1 Å². The number of phenolic OH excluding ortho intramolecular Hbond substituents is 2. The first-order valence-corrected chi connectivity index (χ1v) is 8.83. The van der Waals surface area contributed by atoms with Gasteiger partial charge in [0.15, 0.2) is 0 Å². The first-order valence-electron chi connectivity index (χ1n) is 8.83. The lowest BCUT2D eigenvalue weighted by molar-refractivity contribution is -0.542. The molecule has 0 saturated heterocycles. The summed E-state index contributed by atoms with van der Waals surface area (Å²) in [6, 6.07) is 0.461. The Morgan fingerprint density at radius 1 is 0.500 bits per heavy atom. The molecule has 0 atom stereocenters. The van der Waals surface area contributed by atoms with Gasteiger partial charge in [-0.2, -0.15) is 52.7 Å². The zero-order chi connectivity index (χ0) is 28.1. The summed E-state index contributed by atoms with van der Waals surface area (Å²) in [4.78, 5) is 0. The van der Waals surface area contributed by atoms with E-state index >= 15 is 0 Å². The summed E-state index contributed by atoms with van der Waals surface area (Å²) in [5.74, 6) is -13.7. The summed E-state index contributed by atoms with van der Waals surface area (Å²) in [7, 11) is 0. The second kappa shape index (κ2) is 8.68. The van der Waals surface area contributed by atoms with E-state index in [1.54, 1.807) is 0 Å². The molecule has 0 amide bonds. The molecule has 202 valence electrons. The Morgan fingerprint density at radius 3 is 1.03 bits per heavy atom. The highest BCUT2D eigenvalue weighted by atomic mass is 19.4. The number of nitrogens with two attached hydrogens (primary N) is 2. The quantitative estimate of drug-likeness (QED) is 0.186. The summed E-state index contributed by atoms with van der Waals surface area (Å²) in [5.41, 5.74) is 4.12. The molecule has 36 heavy (non-hydrogen) atoms. The number of benzene rings is 2. The minimum absolute atomic E-state index is 0.00775. The number of phenols is 2. The summed E-state index contributed by atoms with van der Waals surface area (Å²) < 4.78 is 171. The van der Waals surface area contributed by atoms with Crippen LogP contribution in [0.4, 0.5) is 64.1 Å². The predicted octanol–water partition coefficient (Wildman–Crippen LogP) is 5.55. The monoisotopic (exact) mass is 548 g/mol. The summed E-state index contributed by atoms with van der Waals surface area (Å²) in [6.07, 6.45) is -27.4. The molecular weight excluding hydrogens is 536 g/mol. The molecule has 0 aliphatic carbocycles. The van der Waals surface area contributed by atoms with Crippen LogP contribution >= 0.6 is 0 Å². The second-order valence-corrected chi connectivity index (χ2v) is 6.97. The van der Waals surface area contributed by atoms with Crippen LogP contribution in [0, 0.1) is 0 Å². The number of hydrogen-bond donors (Lipinski definition) is 4. The summed E-state index contributed by atoms with van der Waals surface area (Å²) in [5, 5.41) is 18.2. The third-order valence-electron chi connectivity index (χ3n) is 4.36. The Balaban J connectivity index is 2.37. The van der Waals surface area contributed by atoms with Gasteiger partial charge in [-0.1, -0.05) is 0 Å². The van der Waals surface area contributed by atoms with E-state index in [-0.39, 0.29) is 24.3 Å². The third kappa shape index (κ3) is 4.99. The molecule has 2 aromatic carbocycles. The molecule has 6 N–H and O–H groups in total. The normalized spacial score (nSPS) is 14.2. The molecule has 0 fully saturated rings. The molecular formula is C18H12F12N2O4. The van der Waals surface area contributed by atoms with E-state index in [2.05, 4.69) is 9.47 Å². The number of halogens is 12. The first-order chi connectivity index (χ1) is 16.0. The van der Waals surface area contributed by atoms with Gasteiger partial charge in [0.25, 0.3) is 0 Å². The van der Waals surface area contributed by atoms with Crippen LogP contribution in [0.3, 0.4) is 0 Å². The largest absolute Gasteiger partial charge is 0.506 e. The van der Waals surface area contributed by atoms with E-state index in [4.69, 9.17) is 21.7 Å². The fourth-order valence-corrected chi connectivity index (χ4v) is 2.40. The molecule has 2 rings (SSSR count). The van der Waals surface area contributed by atoms with Crippen LogP contribution in [0.2, 0.25) is 0 Å². The molecule has 18 heteroatoms. The van der Waals surface area contributed by atoms with Gasteiger partial charge in [-0.05, 0) is 36.4 Å². The van der Waals surface area contributed by atoms with Crippen molar-refractivity contribution >= 4 is 11.4 Å². The summed E-state index contributed by atoms with van der Waals surface area (Å²) >= 11 is 0. The number of alkyl halides is 12. The van der Waals surface area contributed by atoms with E-state index in [9.17, 15) is 52.7 Å². The van der Waals surface area contributed by atoms with Crippen LogP contribution in [0.25, 0.3) is 0 Å². The summed E-state index contributed by atoms with van der Waals surface area (Å²) in [6.45, 7) is 0. The van der Waals surface area contributed by atoms with Gasteiger partial charge in [-0.15, -0.1) is 0 Å². The maximum Gasteiger partial charge on any atom is 0.453 e. The first kappa shape index (κ1) is 29.0. The van der Waals surface area contributed by atoms with Crippen molar-refractivity contribution in [2.24, 2.45) is 0 Å². The van der Waals surface area contributed by atoms with Crippen LogP contribution in [0.15, 0.2) is 36.4 Å². The topological polar surface area (TPSA) is 111 Å². The number of ether oxygens (including phenoxy) is 2. The fourth-order valence-electron chi connectivity index (χ4n) is 2.40. The van der Waals surface area contributed by atoms with Gasteiger partial charge in [0.2, 0.25) is 0 Å². The average molecular weight is 548 g/mol. The van der Waals surface area contributed by atoms with Gasteiger partial charge in [0, 0.05) is 11.1 Å². The van der Waals surface area contributed by atoms with Crippen LogP contribution < -0.4 is 11.5 Å². The Kier molecular flexibility index (Phi) is 6.98. The number of hydrogen-bond acceptors (Lipinski definition) is 6. The highest BCUT2D eigenvalue weighted by molar-refractivity contribution is 5.55. The van der Waals surface area contributed by atoms with Crippen molar-refractivity contribution in [1.29, 1.82) is 0 Å². The van der Waals surface area contributed by atoms with E-state index < -0.39 is 70.3 Å². The van der Waals surface area contributed by atoms with Gasteiger partial charge < -0.3 is 21.7 Å². The van der Waals surface area contributed by atoms with Crippen molar-refractivity contribution < 1.29 is 72.4 Å². The van der Waals surface area contributed by atoms with Crippen LogP contribution in [-0.2, 0) is 21.3 Å². The molecule has 0 heterocycles. The highest BCUT2D eigenvalue weighted by Gasteiger charge is 2.75. The van der Waals surface area contributed by atoms with E-state index in [1.807, 2.05) is 0 Å². The molecule has 2 aromatic rings. The van der Waals surface area contributed by atoms with Crippen LogP contribution in [-0.4, -0.2) is 34.6 Å². The molecule has 0 aromatic heterocycles. The van der Waals surface area contributed by atoms with Gasteiger partial charge >= 0.3 is 36.3 Å². The lowest BCUT2D eigenvalue weighted by Crippen LogP contribution is -2.57. The SMILES string of the molecule is Nc1cc(C(F)(F)C(F)(F)OC(F)(F)C(F)(F)OC(F)(F)C(F)(F)c2ccc(O)c(N)c2)ccc1O. The highest BCUT2D eigenvalue weighted by Crippen LogP contribution is 2.53. The molecule has 0 aliphatic rings. The molecule has 6 nitrogen and oxygen atoms in total. The lowest BCUT2D eigenvalue weighted by atomic mass is 10.1. The molecule has 0 spiro atoms. The van der Waals surface area contributed by atoms with Crippen LogP contribution in [0.5, 0.6) is 11.5 Å². The Labute approximate surface area is 191 Å². The fraction of sp³-hybridized carbons (Fsp3) is 0.333. The van der Waals surface area contributed by atoms with Gasteiger partial charge in [-0.3, -0.25) is 0 Å². The number of rotatable bonds is 9. The van der Waals surface area contributed by atoms with Crippen molar-refractivity contribution in [1.82, 2.24) is 0 Å². The standard InChI is InChI=1S/C18H12F12N2O4/c19-13(20,7-1-3-11(33)9(31)5-7)15(23,24)35-17(27,28)18(29,30)36-16(25,26)14(21,22)8-2-4-12(34)10(32)6-8/h1-6,33-34H,31-32H2. The Bertz CT molecular complexity index is 1040. The number of aromatic hydroxyl groups is 2. The number of anilines is 2. The minimum atomic E-state index is -7.07. The third-order valence-corrected chi connectivity index (χ3v) is 4.36. The predicted molar refractivity (Wildman–Crippen MR) is 94.8 cm³/mol.